The SMILES string of the molecule is COC(=O)C1=C(C)N=c2s/c(=C/c3ccc(OCC(=O)Nc4cccc5ccccc45)c(OC)c3)c(=O)n2[C@H]1c1ccc(OC)c(OC)c1. The Bertz CT molecular complexity index is 2300. The van der Waals surface area contributed by atoms with Crippen LogP contribution in [0.2, 0.25) is 0 Å². The van der Waals surface area contributed by atoms with Crippen LogP contribution in [0.15, 0.2) is 99.9 Å². The van der Waals surface area contributed by atoms with E-state index < -0.39 is 12.0 Å². The van der Waals surface area contributed by atoms with Gasteiger partial charge in [-0.1, -0.05) is 59.9 Å². The van der Waals surface area contributed by atoms with Gasteiger partial charge in [-0.25, -0.2) is 9.79 Å². The van der Waals surface area contributed by atoms with Crippen LogP contribution in [0.4, 0.5) is 5.69 Å². The Labute approximate surface area is 285 Å². The van der Waals surface area contributed by atoms with Crippen molar-refractivity contribution < 1.29 is 33.3 Å². The number of rotatable bonds is 10. The third kappa shape index (κ3) is 6.50. The number of ether oxygens (including phenoxy) is 5. The number of carbonyl (C=O) groups is 2. The van der Waals surface area contributed by atoms with Crippen LogP contribution in [0.25, 0.3) is 16.8 Å². The summed E-state index contributed by atoms with van der Waals surface area (Å²) in [5, 5.41) is 4.85. The predicted molar refractivity (Wildman–Crippen MR) is 186 cm³/mol. The van der Waals surface area contributed by atoms with E-state index in [0.29, 0.717) is 54.8 Å². The zero-order valence-electron chi connectivity index (χ0n) is 27.4. The van der Waals surface area contributed by atoms with Gasteiger partial charge in [0.05, 0.1) is 50.3 Å². The fraction of sp³-hybridized carbons (Fsp3) is 0.189. The van der Waals surface area contributed by atoms with Gasteiger partial charge in [0, 0.05) is 11.1 Å². The average Bonchev–Trinajstić information content (AvgIpc) is 3.43. The Morgan fingerprint density at radius 3 is 2.35 bits per heavy atom. The molecule has 0 saturated heterocycles. The summed E-state index contributed by atoms with van der Waals surface area (Å²) in [4.78, 5) is 44.9. The molecule has 0 saturated carbocycles. The van der Waals surface area contributed by atoms with E-state index in [1.807, 2.05) is 42.5 Å². The number of amides is 1. The molecule has 12 heteroatoms. The van der Waals surface area contributed by atoms with Crippen LogP contribution in [-0.2, 0) is 14.3 Å². The van der Waals surface area contributed by atoms with Gasteiger partial charge in [0.2, 0.25) is 0 Å². The van der Waals surface area contributed by atoms with Gasteiger partial charge in [-0.15, -0.1) is 0 Å². The zero-order chi connectivity index (χ0) is 34.7. The summed E-state index contributed by atoms with van der Waals surface area (Å²) in [5.74, 6) is 0.774. The molecule has 1 aliphatic rings. The minimum absolute atomic E-state index is 0.237. The topological polar surface area (TPSA) is 127 Å². The Hall–Kier alpha value is -5.88. The van der Waals surface area contributed by atoms with Crippen molar-refractivity contribution in [3.8, 4) is 23.0 Å². The number of allylic oxidation sites excluding steroid dienone is 1. The lowest BCUT2D eigenvalue weighted by Crippen LogP contribution is -2.39. The van der Waals surface area contributed by atoms with Crippen LogP contribution in [0.1, 0.15) is 24.1 Å². The molecule has 1 atom stereocenters. The number of anilines is 1. The molecule has 250 valence electrons. The summed E-state index contributed by atoms with van der Waals surface area (Å²) in [5.41, 5.74) is 2.29. The van der Waals surface area contributed by atoms with Crippen molar-refractivity contribution in [2.75, 3.05) is 40.4 Å². The molecule has 0 unspecified atom stereocenters. The molecule has 0 aliphatic carbocycles. The highest BCUT2D eigenvalue weighted by atomic mass is 32.1. The molecule has 1 N–H and O–H groups in total. The number of nitrogens with zero attached hydrogens (tertiary/aromatic N) is 2. The molecular formula is C37H33N3O8S. The first-order valence-corrected chi connectivity index (χ1v) is 16.0. The minimum Gasteiger partial charge on any atom is -0.493 e. The highest BCUT2D eigenvalue weighted by Crippen LogP contribution is 2.36. The van der Waals surface area contributed by atoms with E-state index in [1.54, 1.807) is 49.4 Å². The van der Waals surface area contributed by atoms with Crippen molar-refractivity contribution in [3.63, 3.8) is 0 Å². The van der Waals surface area contributed by atoms with Gasteiger partial charge in [0.25, 0.3) is 11.5 Å². The number of nitrogens with one attached hydrogen (secondary N) is 1. The molecule has 0 radical (unpaired) electrons. The minimum atomic E-state index is -0.823. The van der Waals surface area contributed by atoms with Gasteiger partial charge in [-0.05, 0) is 59.8 Å². The largest absolute Gasteiger partial charge is 0.493 e. The maximum absolute atomic E-state index is 14.0. The summed E-state index contributed by atoms with van der Waals surface area (Å²) in [6, 6.07) is 23.0. The summed E-state index contributed by atoms with van der Waals surface area (Å²) in [7, 11) is 5.83. The summed E-state index contributed by atoms with van der Waals surface area (Å²) in [6.07, 6.45) is 1.71. The number of benzene rings is 4. The van der Waals surface area contributed by atoms with Gasteiger partial charge in [-0.2, -0.15) is 0 Å². The Balaban J connectivity index is 1.30. The van der Waals surface area contributed by atoms with Gasteiger partial charge >= 0.3 is 5.97 Å². The summed E-state index contributed by atoms with van der Waals surface area (Å²) < 4.78 is 29.3. The summed E-state index contributed by atoms with van der Waals surface area (Å²) in [6.45, 7) is 1.47. The molecule has 4 aromatic carbocycles. The lowest BCUT2D eigenvalue weighted by atomic mass is 9.95. The van der Waals surface area contributed by atoms with Crippen molar-refractivity contribution in [2.45, 2.75) is 13.0 Å². The van der Waals surface area contributed by atoms with Crippen LogP contribution >= 0.6 is 11.3 Å². The van der Waals surface area contributed by atoms with E-state index in [1.165, 1.54) is 44.3 Å². The molecule has 11 nitrogen and oxygen atoms in total. The smallest absolute Gasteiger partial charge is 0.338 e. The summed E-state index contributed by atoms with van der Waals surface area (Å²) >= 11 is 1.19. The lowest BCUT2D eigenvalue weighted by Gasteiger charge is -2.25. The molecule has 1 aliphatic heterocycles. The van der Waals surface area contributed by atoms with E-state index in [9.17, 15) is 14.4 Å². The van der Waals surface area contributed by atoms with E-state index in [0.717, 1.165) is 10.8 Å². The number of carbonyl (C=O) groups excluding carboxylic acids is 2. The third-order valence-corrected chi connectivity index (χ3v) is 9.04. The Kier molecular flexibility index (Phi) is 9.49. The fourth-order valence-electron chi connectivity index (χ4n) is 5.74. The van der Waals surface area contributed by atoms with Crippen molar-refractivity contribution in [1.29, 1.82) is 0 Å². The molecule has 0 fully saturated rings. The van der Waals surface area contributed by atoms with Crippen molar-refractivity contribution in [2.24, 2.45) is 4.99 Å². The normalized spacial score (nSPS) is 14.1. The number of thiazole rings is 1. The molecule has 0 bridgehead atoms. The van der Waals surface area contributed by atoms with E-state index in [4.69, 9.17) is 23.7 Å². The number of fused-ring (bicyclic) bond motifs is 2. The zero-order valence-corrected chi connectivity index (χ0v) is 28.3. The number of esters is 1. The first-order chi connectivity index (χ1) is 23.8. The van der Waals surface area contributed by atoms with Gasteiger partial charge in [0.1, 0.15) is 0 Å². The highest BCUT2D eigenvalue weighted by Gasteiger charge is 2.33. The number of hydrogen-bond donors (Lipinski definition) is 1. The second kappa shape index (κ2) is 14.1. The second-order valence-corrected chi connectivity index (χ2v) is 12.0. The van der Waals surface area contributed by atoms with Gasteiger partial charge < -0.3 is 29.0 Å². The van der Waals surface area contributed by atoms with Gasteiger partial charge in [0.15, 0.2) is 34.4 Å². The van der Waals surface area contributed by atoms with Crippen molar-refractivity contribution >= 4 is 45.7 Å². The average molecular weight is 680 g/mol. The first kappa shape index (κ1) is 33.0. The molecule has 0 spiro atoms. The molecular weight excluding hydrogens is 646 g/mol. The molecule has 1 amide bonds. The maximum atomic E-state index is 14.0. The van der Waals surface area contributed by atoms with Crippen LogP contribution in [0.5, 0.6) is 23.0 Å². The van der Waals surface area contributed by atoms with Crippen LogP contribution in [0.3, 0.4) is 0 Å². The van der Waals surface area contributed by atoms with Crippen LogP contribution < -0.4 is 39.2 Å². The molecule has 2 heterocycles. The Morgan fingerprint density at radius 2 is 1.59 bits per heavy atom. The van der Waals surface area contributed by atoms with E-state index in [-0.39, 0.29) is 23.6 Å². The number of methoxy groups -OCH3 is 4. The fourth-order valence-corrected chi connectivity index (χ4v) is 6.79. The van der Waals surface area contributed by atoms with Crippen LogP contribution in [0, 0.1) is 0 Å². The van der Waals surface area contributed by atoms with E-state index in [2.05, 4.69) is 10.3 Å². The van der Waals surface area contributed by atoms with Crippen molar-refractivity contribution in [1.82, 2.24) is 4.57 Å². The number of aromatic nitrogens is 1. The van der Waals surface area contributed by atoms with Crippen molar-refractivity contribution in [3.05, 3.63) is 121 Å². The third-order valence-electron chi connectivity index (χ3n) is 8.06. The molecule has 49 heavy (non-hydrogen) atoms. The monoisotopic (exact) mass is 679 g/mol. The van der Waals surface area contributed by atoms with Gasteiger partial charge in [-0.3, -0.25) is 14.2 Å². The first-order valence-electron chi connectivity index (χ1n) is 15.2. The molecule has 6 rings (SSSR count). The standard InChI is InChI=1S/C37H33N3O8S/c1-21-33(36(43)47-5)34(24-14-16-27(44-2)30(19-24)46-4)40-35(42)31(49-37(40)38-21)18-22-13-15-28(29(17-22)45-3)48-20-32(41)39-26-12-8-10-23-9-6-7-11-25(23)26/h6-19,34H,20H2,1-5H3,(H,39,41)/b31-18+/t34-/m0/s1. The maximum Gasteiger partial charge on any atom is 0.338 e. The van der Waals surface area contributed by atoms with Crippen LogP contribution in [-0.4, -0.2) is 51.5 Å². The molecule has 1 aromatic heterocycles. The highest BCUT2D eigenvalue weighted by molar-refractivity contribution is 7.07. The quantitative estimate of drug-likeness (QED) is 0.212. The molecule has 5 aromatic rings. The predicted octanol–water partition coefficient (Wildman–Crippen LogP) is 4.60. The lowest BCUT2D eigenvalue weighted by molar-refractivity contribution is -0.136. The number of hydrogen-bond acceptors (Lipinski definition) is 10. The Morgan fingerprint density at radius 1 is 0.878 bits per heavy atom. The van der Waals surface area contributed by atoms with E-state index >= 15 is 0 Å². The second-order valence-electron chi connectivity index (χ2n) is 11.0.